The summed E-state index contributed by atoms with van der Waals surface area (Å²) in [6.45, 7) is 7.27. The summed E-state index contributed by atoms with van der Waals surface area (Å²) >= 11 is 1.33. The lowest BCUT2D eigenvalue weighted by molar-refractivity contribution is -0.143. The summed E-state index contributed by atoms with van der Waals surface area (Å²) in [7, 11) is -1.36. The summed E-state index contributed by atoms with van der Waals surface area (Å²) in [4.78, 5) is 39.2. The van der Waals surface area contributed by atoms with E-state index in [1.807, 2.05) is 20.8 Å². The third-order valence-electron chi connectivity index (χ3n) is 6.99. The van der Waals surface area contributed by atoms with E-state index < -0.39 is 16.6 Å². The zero-order valence-corrected chi connectivity index (χ0v) is 25.7. The molecule has 0 spiro atoms. The number of aromatic nitrogens is 4. The van der Waals surface area contributed by atoms with E-state index in [0.717, 1.165) is 23.3 Å². The van der Waals surface area contributed by atoms with Crippen LogP contribution >= 0.6 is 11.3 Å². The molecule has 4 heterocycles. The van der Waals surface area contributed by atoms with Crippen molar-refractivity contribution >= 4 is 33.8 Å². The molecule has 3 aromatic heterocycles. The second-order valence-electron chi connectivity index (χ2n) is 10.5. The van der Waals surface area contributed by atoms with Gasteiger partial charge in [0.25, 0.3) is 0 Å². The number of carbonyl (C=O) groups excluding carboxylic acids is 1. The van der Waals surface area contributed by atoms with Crippen molar-refractivity contribution in [3.63, 3.8) is 0 Å². The fourth-order valence-corrected chi connectivity index (χ4v) is 6.74. The van der Waals surface area contributed by atoms with Crippen molar-refractivity contribution < 1.29 is 22.9 Å². The van der Waals surface area contributed by atoms with E-state index in [2.05, 4.69) is 4.98 Å². The predicted octanol–water partition coefficient (Wildman–Crippen LogP) is 3.90. The fraction of sp³-hybridized carbons (Fsp3) is 0.448. The molecule has 1 unspecified atom stereocenters. The number of hydrogen-bond donors (Lipinski definition) is 0. The topological polar surface area (TPSA) is 108 Å². The number of carbonyl (C=O) groups is 1. The highest BCUT2D eigenvalue weighted by Gasteiger charge is 2.27. The maximum Gasteiger partial charge on any atom is 0.302 e. The van der Waals surface area contributed by atoms with Crippen molar-refractivity contribution in [1.29, 1.82) is 0 Å². The first-order valence-electron chi connectivity index (χ1n) is 13.9. The minimum absolute atomic E-state index is 0.0163. The van der Waals surface area contributed by atoms with Crippen LogP contribution in [-0.4, -0.2) is 72.1 Å². The van der Waals surface area contributed by atoms with Gasteiger partial charge in [0.05, 0.1) is 29.6 Å². The molecule has 224 valence electrons. The molecular weight excluding hydrogens is 581 g/mol. The third-order valence-corrected chi connectivity index (χ3v) is 8.99. The van der Waals surface area contributed by atoms with Gasteiger partial charge in [0, 0.05) is 54.1 Å². The molecule has 0 saturated carbocycles. The van der Waals surface area contributed by atoms with E-state index in [1.54, 1.807) is 34.1 Å². The monoisotopic (exact) mass is 615 g/mol. The van der Waals surface area contributed by atoms with Gasteiger partial charge in [-0.1, -0.05) is 19.4 Å². The highest BCUT2D eigenvalue weighted by molar-refractivity contribution is 7.84. The molecule has 0 bridgehead atoms. The summed E-state index contributed by atoms with van der Waals surface area (Å²) < 4.78 is 40.8. The number of thiazole rings is 1. The van der Waals surface area contributed by atoms with Crippen molar-refractivity contribution in [1.82, 2.24) is 23.8 Å². The number of fused-ring (bicyclic) bond motifs is 1. The lowest BCUT2D eigenvalue weighted by Crippen LogP contribution is -2.49. The first-order chi connectivity index (χ1) is 20.1. The first kappa shape index (κ1) is 30.1. The maximum absolute atomic E-state index is 13.8. The smallest absolute Gasteiger partial charge is 0.302 e. The number of unbranched alkanes of at least 4 members (excludes halogenated alkanes) is 1. The van der Waals surface area contributed by atoms with E-state index in [-0.39, 0.29) is 36.0 Å². The molecule has 1 aliphatic heterocycles. The zero-order valence-electron chi connectivity index (χ0n) is 24.0. The maximum atomic E-state index is 13.8. The van der Waals surface area contributed by atoms with E-state index >= 15 is 0 Å². The molecule has 4 aromatic rings. The number of imidazole rings is 1. The third kappa shape index (κ3) is 6.47. The average Bonchev–Trinajstić information content (AvgIpc) is 3.57. The molecule has 1 amide bonds. The van der Waals surface area contributed by atoms with Crippen molar-refractivity contribution in [2.45, 2.75) is 63.7 Å². The molecule has 1 fully saturated rings. The van der Waals surface area contributed by atoms with Gasteiger partial charge >= 0.3 is 5.56 Å². The summed E-state index contributed by atoms with van der Waals surface area (Å²) in [5.74, 6) is -0.132. The number of ether oxygens (including phenoxy) is 2. The Hall–Kier alpha value is -3.42. The van der Waals surface area contributed by atoms with Gasteiger partial charge in [-0.05, 0) is 38.0 Å². The largest absolute Gasteiger partial charge is 0.486 e. The van der Waals surface area contributed by atoms with Gasteiger partial charge in [-0.25, -0.2) is 18.8 Å². The minimum Gasteiger partial charge on any atom is -0.486 e. The van der Waals surface area contributed by atoms with E-state index in [4.69, 9.17) is 14.5 Å². The molecule has 1 saturated heterocycles. The Bertz CT molecular complexity index is 1670. The molecule has 13 heteroatoms. The van der Waals surface area contributed by atoms with Gasteiger partial charge in [-0.15, -0.1) is 11.3 Å². The Morgan fingerprint density at radius 1 is 1.24 bits per heavy atom. The number of nitrogens with zero attached hydrogens (tertiary/aromatic N) is 5. The Balaban J connectivity index is 1.50. The van der Waals surface area contributed by atoms with Crippen molar-refractivity contribution in [2.75, 3.05) is 26.0 Å². The lowest BCUT2D eigenvalue weighted by Gasteiger charge is -2.35. The van der Waals surface area contributed by atoms with Crippen LogP contribution in [-0.2, 0) is 33.3 Å². The van der Waals surface area contributed by atoms with Crippen molar-refractivity contribution in [2.24, 2.45) is 0 Å². The van der Waals surface area contributed by atoms with Crippen LogP contribution in [0.3, 0.4) is 0 Å². The predicted molar refractivity (Wildman–Crippen MR) is 159 cm³/mol. The van der Waals surface area contributed by atoms with Crippen LogP contribution in [0.4, 0.5) is 4.39 Å². The number of hydrogen-bond acceptors (Lipinski definition) is 8. The minimum atomic E-state index is -1.36. The summed E-state index contributed by atoms with van der Waals surface area (Å²) in [5.41, 5.74) is 0.645. The summed E-state index contributed by atoms with van der Waals surface area (Å²) in [5, 5.41) is 0.479. The van der Waals surface area contributed by atoms with Gasteiger partial charge in [0.15, 0.2) is 5.69 Å². The molecule has 1 aromatic carbocycles. The Kier molecular flexibility index (Phi) is 9.19. The molecule has 0 radical (unpaired) electrons. The number of halogens is 1. The summed E-state index contributed by atoms with van der Waals surface area (Å²) in [6.07, 6.45) is 8.38. The first-order valence-corrected chi connectivity index (χ1v) is 16.3. The number of morpholine rings is 1. The highest BCUT2D eigenvalue weighted by atomic mass is 32.2. The van der Waals surface area contributed by atoms with Crippen LogP contribution < -0.4 is 10.3 Å². The Morgan fingerprint density at radius 3 is 2.71 bits per heavy atom. The van der Waals surface area contributed by atoms with Crippen LogP contribution in [0, 0.1) is 5.82 Å². The van der Waals surface area contributed by atoms with Crippen LogP contribution in [0.1, 0.15) is 44.1 Å². The lowest BCUT2D eigenvalue weighted by atomic mass is 10.1. The molecule has 10 nitrogen and oxygen atoms in total. The Morgan fingerprint density at radius 2 is 2.00 bits per heavy atom. The summed E-state index contributed by atoms with van der Waals surface area (Å²) in [6, 6.07) is 4.26. The van der Waals surface area contributed by atoms with Crippen LogP contribution in [0.15, 0.2) is 46.5 Å². The molecule has 1 aliphatic rings. The molecule has 42 heavy (non-hydrogen) atoms. The van der Waals surface area contributed by atoms with Crippen LogP contribution in [0.5, 0.6) is 5.75 Å². The second kappa shape index (κ2) is 12.8. The van der Waals surface area contributed by atoms with E-state index in [1.165, 1.54) is 34.1 Å². The average molecular weight is 616 g/mol. The number of rotatable bonds is 10. The standard InChI is InChI=1S/C29H34FN5O5S2/c1-5-6-11-39-26-25(27-31-14-22(41-27)12-20-7-8-21(30)13-23(20)42(4)38)32-29-33(9-10-35(29)28(26)37)17-24(36)34-15-18(2)40-19(3)16-34/h7-10,13-14,18-19H,5-6,11-12,15-17H2,1-4H3/t18-,19-,42?/m1/s1. The molecular formula is C29H34FN5O5S2. The molecule has 3 atom stereocenters. The Labute approximate surface area is 249 Å². The van der Waals surface area contributed by atoms with E-state index in [0.29, 0.717) is 47.5 Å². The number of amides is 1. The fourth-order valence-electron chi connectivity index (χ4n) is 5.03. The van der Waals surface area contributed by atoms with Gasteiger partial charge in [-0.3, -0.25) is 13.8 Å². The van der Waals surface area contributed by atoms with Crippen LogP contribution in [0.25, 0.3) is 16.5 Å². The zero-order chi connectivity index (χ0) is 30.0. The molecule has 5 rings (SSSR count). The SMILES string of the molecule is CCCCOc1c(-c2ncc(Cc3ccc(F)cc3S(C)=O)s2)nc2n(CC(=O)N3C[C@@H](C)O[C@H](C)C3)ccn2c1=O. The van der Waals surface area contributed by atoms with Gasteiger partial charge in [-0.2, -0.15) is 0 Å². The number of benzene rings is 1. The second-order valence-corrected chi connectivity index (χ2v) is 12.9. The molecule has 0 aliphatic carbocycles. The van der Waals surface area contributed by atoms with Crippen molar-refractivity contribution in [3.05, 3.63) is 63.4 Å². The quantitative estimate of drug-likeness (QED) is 0.249. The van der Waals surface area contributed by atoms with Crippen molar-refractivity contribution in [3.8, 4) is 16.5 Å². The van der Waals surface area contributed by atoms with E-state index in [9.17, 15) is 18.2 Å². The van der Waals surface area contributed by atoms with Gasteiger partial charge in [0.2, 0.25) is 17.4 Å². The normalized spacial score (nSPS) is 18.0. The molecule has 0 N–H and O–H groups in total. The van der Waals surface area contributed by atoms with Gasteiger partial charge in [0.1, 0.15) is 17.4 Å². The van der Waals surface area contributed by atoms with Gasteiger partial charge < -0.3 is 18.9 Å². The highest BCUT2D eigenvalue weighted by Crippen LogP contribution is 2.32. The van der Waals surface area contributed by atoms with Crippen LogP contribution in [0.2, 0.25) is 0 Å².